The second-order valence-corrected chi connectivity index (χ2v) is 6.39. The SMILES string of the molecule is CC1CN([C@@H]2CNC[C@H]2O)CC(C)S1.Cl. The van der Waals surface area contributed by atoms with Crippen LogP contribution in [0, 0.1) is 0 Å². The van der Waals surface area contributed by atoms with Crippen LogP contribution in [-0.4, -0.2) is 58.8 Å². The van der Waals surface area contributed by atoms with Crippen LogP contribution in [0.25, 0.3) is 0 Å². The van der Waals surface area contributed by atoms with Crippen molar-refractivity contribution in [1.29, 1.82) is 0 Å². The topological polar surface area (TPSA) is 35.5 Å². The molecule has 2 aliphatic rings. The quantitative estimate of drug-likeness (QED) is 0.715. The van der Waals surface area contributed by atoms with Gasteiger partial charge in [-0.05, 0) is 0 Å². The zero-order valence-corrected chi connectivity index (χ0v) is 11.0. The molecule has 0 amide bonds. The molecule has 0 aromatic carbocycles. The van der Waals surface area contributed by atoms with Crippen LogP contribution in [0.1, 0.15) is 13.8 Å². The number of hydrogen-bond acceptors (Lipinski definition) is 4. The standard InChI is InChI=1S/C10H20N2OS.ClH/c1-7-5-12(6-8(2)14-7)9-3-11-4-10(9)13;/h7-11,13H,3-6H2,1-2H3;1H/t7?,8?,9-,10-;/m1./s1. The third kappa shape index (κ3) is 3.24. The summed E-state index contributed by atoms with van der Waals surface area (Å²) in [6.45, 7) is 8.52. The van der Waals surface area contributed by atoms with Crippen molar-refractivity contribution in [2.75, 3.05) is 26.2 Å². The number of aliphatic hydroxyl groups is 1. The van der Waals surface area contributed by atoms with E-state index in [-0.39, 0.29) is 18.5 Å². The molecule has 2 saturated heterocycles. The normalized spacial score (nSPS) is 42.6. The van der Waals surface area contributed by atoms with E-state index in [4.69, 9.17) is 0 Å². The largest absolute Gasteiger partial charge is 0.390 e. The zero-order valence-electron chi connectivity index (χ0n) is 9.35. The number of nitrogens with zero attached hydrogens (tertiary/aromatic N) is 1. The van der Waals surface area contributed by atoms with Crippen LogP contribution in [-0.2, 0) is 0 Å². The number of β-amino-alcohol motifs (C(OH)–C–C–N with tert-alkyl or cyclic N) is 1. The maximum Gasteiger partial charge on any atom is 0.0831 e. The summed E-state index contributed by atoms with van der Waals surface area (Å²) in [6.07, 6.45) is -0.169. The average Bonchev–Trinajstić information content (AvgIpc) is 2.49. The van der Waals surface area contributed by atoms with Gasteiger partial charge in [0.2, 0.25) is 0 Å². The van der Waals surface area contributed by atoms with Crippen LogP contribution >= 0.6 is 24.2 Å². The van der Waals surface area contributed by atoms with E-state index in [0.29, 0.717) is 16.5 Å². The van der Waals surface area contributed by atoms with Crippen LogP contribution in [0.2, 0.25) is 0 Å². The number of nitrogens with one attached hydrogen (secondary N) is 1. The molecule has 2 aliphatic heterocycles. The molecule has 2 unspecified atom stereocenters. The predicted molar refractivity (Wildman–Crippen MR) is 68.0 cm³/mol. The lowest BCUT2D eigenvalue weighted by Crippen LogP contribution is -2.50. The highest BCUT2D eigenvalue weighted by atomic mass is 35.5. The van der Waals surface area contributed by atoms with Crippen molar-refractivity contribution in [2.24, 2.45) is 0 Å². The number of aliphatic hydroxyl groups excluding tert-OH is 1. The fraction of sp³-hybridized carbons (Fsp3) is 1.00. The van der Waals surface area contributed by atoms with E-state index in [9.17, 15) is 5.11 Å². The number of halogens is 1. The van der Waals surface area contributed by atoms with Crippen molar-refractivity contribution < 1.29 is 5.11 Å². The van der Waals surface area contributed by atoms with Gasteiger partial charge in [0.25, 0.3) is 0 Å². The molecule has 2 heterocycles. The van der Waals surface area contributed by atoms with Gasteiger partial charge in [-0.1, -0.05) is 13.8 Å². The number of thioether (sulfide) groups is 1. The monoisotopic (exact) mass is 252 g/mol. The molecule has 3 nitrogen and oxygen atoms in total. The number of rotatable bonds is 1. The molecule has 2 rings (SSSR count). The van der Waals surface area contributed by atoms with Gasteiger partial charge in [-0.25, -0.2) is 0 Å². The van der Waals surface area contributed by atoms with Gasteiger partial charge in [-0.15, -0.1) is 12.4 Å². The van der Waals surface area contributed by atoms with Gasteiger partial charge in [-0.3, -0.25) is 4.90 Å². The van der Waals surface area contributed by atoms with Crippen molar-refractivity contribution >= 4 is 24.2 Å². The number of hydrogen-bond donors (Lipinski definition) is 2. The Bertz CT molecular complexity index is 198. The third-order valence-electron chi connectivity index (χ3n) is 3.07. The summed E-state index contributed by atoms with van der Waals surface area (Å²) < 4.78 is 0. The van der Waals surface area contributed by atoms with E-state index in [1.54, 1.807) is 0 Å². The molecule has 0 radical (unpaired) electrons. The lowest BCUT2D eigenvalue weighted by atomic mass is 10.1. The van der Waals surface area contributed by atoms with Crippen LogP contribution in [0.15, 0.2) is 0 Å². The molecule has 0 bridgehead atoms. The summed E-state index contributed by atoms with van der Waals surface area (Å²) in [6, 6.07) is 0.348. The van der Waals surface area contributed by atoms with Crippen LogP contribution in [0.3, 0.4) is 0 Å². The lowest BCUT2D eigenvalue weighted by molar-refractivity contribution is 0.0821. The molecule has 2 fully saturated rings. The Balaban J connectivity index is 0.00000112. The fourth-order valence-corrected chi connectivity index (χ4v) is 3.86. The van der Waals surface area contributed by atoms with Crippen molar-refractivity contribution in [2.45, 2.75) is 36.5 Å². The Hall–Kier alpha value is 0.520. The molecule has 0 spiro atoms. The van der Waals surface area contributed by atoms with Gasteiger partial charge in [-0.2, -0.15) is 11.8 Å². The minimum Gasteiger partial charge on any atom is -0.390 e. The van der Waals surface area contributed by atoms with E-state index in [2.05, 4.69) is 35.8 Å². The third-order valence-corrected chi connectivity index (χ3v) is 4.30. The van der Waals surface area contributed by atoms with Crippen LogP contribution in [0.5, 0.6) is 0 Å². The van der Waals surface area contributed by atoms with Gasteiger partial charge in [0.1, 0.15) is 0 Å². The van der Waals surface area contributed by atoms with Crippen LogP contribution in [0.4, 0.5) is 0 Å². The lowest BCUT2D eigenvalue weighted by Gasteiger charge is -2.39. The first-order valence-electron chi connectivity index (χ1n) is 5.45. The Kier molecular flexibility index (Phi) is 5.19. The van der Waals surface area contributed by atoms with Gasteiger partial charge in [0.15, 0.2) is 0 Å². The zero-order chi connectivity index (χ0) is 10.1. The summed E-state index contributed by atoms with van der Waals surface area (Å²) in [5, 5.41) is 14.5. The molecular formula is C10H21ClN2OS. The highest BCUT2D eigenvalue weighted by Gasteiger charge is 2.34. The van der Waals surface area contributed by atoms with Crippen molar-refractivity contribution in [3.05, 3.63) is 0 Å². The summed E-state index contributed by atoms with van der Waals surface area (Å²) in [5.41, 5.74) is 0. The molecule has 0 aromatic heterocycles. The highest BCUT2D eigenvalue weighted by molar-refractivity contribution is 8.00. The van der Waals surface area contributed by atoms with Gasteiger partial charge in [0.05, 0.1) is 6.10 Å². The minimum atomic E-state index is -0.169. The Morgan fingerprint density at radius 3 is 2.27 bits per heavy atom. The molecule has 90 valence electrons. The van der Waals surface area contributed by atoms with E-state index < -0.39 is 0 Å². The molecular weight excluding hydrogens is 232 g/mol. The van der Waals surface area contributed by atoms with Crippen molar-refractivity contribution in [3.63, 3.8) is 0 Å². The van der Waals surface area contributed by atoms with E-state index in [1.807, 2.05) is 0 Å². The Morgan fingerprint density at radius 1 is 1.20 bits per heavy atom. The molecule has 15 heavy (non-hydrogen) atoms. The van der Waals surface area contributed by atoms with Gasteiger partial charge < -0.3 is 10.4 Å². The Morgan fingerprint density at radius 2 is 1.80 bits per heavy atom. The maximum atomic E-state index is 9.80. The first kappa shape index (κ1) is 13.6. The fourth-order valence-electron chi connectivity index (χ4n) is 2.51. The smallest absolute Gasteiger partial charge is 0.0831 e. The summed E-state index contributed by atoms with van der Waals surface area (Å²) in [4.78, 5) is 2.45. The molecule has 5 heteroatoms. The molecule has 0 aliphatic carbocycles. The molecule has 0 saturated carbocycles. The summed E-state index contributed by atoms with van der Waals surface area (Å²) in [5.74, 6) is 0. The van der Waals surface area contributed by atoms with E-state index in [0.717, 1.165) is 26.2 Å². The van der Waals surface area contributed by atoms with Gasteiger partial charge >= 0.3 is 0 Å². The van der Waals surface area contributed by atoms with Gasteiger partial charge in [0, 0.05) is 42.7 Å². The van der Waals surface area contributed by atoms with E-state index >= 15 is 0 Å². The second kappa shape index (κ2) is 5.73. The van der Waals surface area contributed by atoms with Crippen molar-refractivity contribution in [3.8, 4) is 0 Å². The predicted octanol–water partition coefficient (Wildman–Crippen LogP) is 0.567. The van der Waals surface area contributed by atoms with E-state index in [1.165, 1.54) is 0 Å². The summed E-state index contributed by atoms with van der Waals surface area (Å²) >= 11 is 2.06. The highest BCUT2D eigenvalue weighted by Crippen LogP contribution is 2.27. The Labute approximate surface area is 102 Å². The first-order chi connectivity index (χ1) is 6.66. The first-order valence-corrected chi connectivity index (χ1v) is 6.39. The average molecular weight is 253 g/mol. The molecule has 4 atom stereocenters. The maximum absolute atomic E-state index is 9.80. The minimum absolute atomic E-state index is 0. The molecule has 2 N–H and O–H groups in total. The van der Waals surface area contributed by atoms with Crippen molar-refractivity contribution in [1.82, 2.24) is 10.2 Å². The second-order valence-electron chi connectivity index (χ2n) is 4.50. The molecule has 0 aromatic rings. The summed E-state index contributed by atoms with van der Waals surface area (Å²) in [7, 11) is 0. The van der Waals surface area contributed by atoms with Crippen LogP contribution < -0.4 is 5.32 Å².